The fraction of sp³-hybridized carbons (Fsp3) is 0.200. The maximum Gasteiger partial charge on any atom is 0.220 e. The van der Waals surface area contributed by atoms with Crippen molar-refractivity contribution in [3.05, 3.63) is 42.8 Å². The molecule has 0 spiro atoms. The molecule has 2 nitrogen and oxygen atoms in total. The standard InChI is InChI=1S/C10H12NO/c1-8(10(11)12)7-9-5-3-2-4-6-9/h2-6,8H,1,7H2,(H2,11,12)/t8-/m0/s1. The highest BCUT2D eigenvalue weighted by Crippen LogP contribution is 2.06. The lowest BCUT2D eigenvalue weighted by Gasteiger charge is -2.05. The molecule has 12 heavy (non-hydrogen) atoms. The average molecular weight is 162 g/mol. The monoisotopic (exact) mass is 162 g/mol. The van der Waals surface area contributed by atoms with Gasteiger partial charge in [-0.15, -0.1) is 0 Å². The van der Waals surface area contributed by atoms with Gasteiger partial charge in [-0.3, -0.25) is 4.79 Å². The van der Waals surface area contributed by atoms with Crippen molar-refractivity contribution in [3.63, 3.8) is 0 Å². The molecular formula is C10H12NO. The van der Waals surface area contributed by atoms with Crippen LogP contribution in [0.5, 0.6) is 0 Å². The van der Waals surface area contributed by atoms with Gasteiger partial charge >= 0.3 is 0 Å². The number of rotatable bonds is 3. The molecule has 1 aromatic carbocycles. The number of carbonyl (C=O) groups is 1. The van der Waals surface area contributed by atoms with Crippen LogP contribution in [0.25, 0.3) is 0 Å². The zero-order valence-corrected chi connectivity index (χ0v) is 6.86. The van der Waals surface area contributed by atoms with Gasteiger partial charge in [0.1, 0.15) is 0 Å². The fourth-order valence-electron chi connectivity index (χ4n) is 0.999. The molecule has 1 rings (SSSR count). The van der Waals surface area contributed by atoms with Gasteiger partial charge in [-0.25, -0.2) is 0 Å². The minimum atomic E-state index is -0.348. The van der Waals surface area contributed by atoms with Crippen molar-refractivity contribution in [1.82, 2.24) is 0 Å². The van der Waals surface area contributed by atoms with Gasteiger partial charge in [0.05, 0.1) is 0 Å². The van der Waals surface area contributed by atoms with Gasteiger partial charge in [0.2, 0.25) is 5.91 Å². The molecule has 2 heteroatoms. The van der Waals surface area contributed by atoms with Crippen LogP contribution in [0.4, 0.5) is 0 Å². The number of nitrogens with two attached hydrogens (primary N) is 1. The molecule has 0 heterocycles. The molecule has 1 aromatic rings. The molecule has 0 bridgehead atoms. The van der Waals surface area contributed by atoms with E-state index in [0.29, 0.717) is 6.42 Å². The van der Waals surface area contributed by atoms with E-state index in [0.717, 1.165) is 5.56 Å². The second-order valence-electron chi connectivity index (χ2n) is 2.79. The Morgan fingerprint density at radius 2 is 2.00 bits per heavy atom. The summed E-state index contributed by atoms with van der Waals surface area (Å²) in [5.41, 5.74) is 6.18. The van der Waals surface area contributed by atoms with Crippen molar-refractivity contribution in [1.29, 1.82) is 0 Å². The van der Waals surface area contributed by atoms with Crippen molar-refractivity contribution in [2.45, 2.75) is 6.42 Å². The minimum Gasteiger partial charge on any atom is -0.369 e. The second kappa shape index (κ2) is 3.90. The number of amides is 1. The Morgan fingerprint density at radius 3 is 2.50 bits per heavy atom. The van der Waals surface area contributed by atoms with E-state index in [1.54, 1.807) is 0 Å². The number of primary amides is 1. The number of hydrogen-bond acceptors (Lipinski definition) is 1. The zero-order chi connectivity index (χ0) is 8.97. The molecule has 0 aliphatic rings. The molecule has 0 aliphatic carbocycles. The molecule has 0 fully saturated rings. The van der Waals surface area contributed by atoms with E-state index >= 15 is 0 Å². The largest absolute Gasteiger partial charge is 0.369 e. The van der Waals surface area contributed by atoms with Crippen LogP contribution < -0.4 is 5.73 Å². The van der Waals surface area contributed by atoms with Crippen LogP contribution >= 0.6 is 0 Å². The van der Waals surface area contributed by atoms with Crippen LogP contribution in [0.15, 0.2) is 30.3 Å². The lowest BCUT2D eigenvalue weighted by Crippen LogP contribution is -2.22. The third kappa shape index (κ3) is 2.38. The van der Waals surface area contributed by atoms with E-state index in [1.807, 2.05) is 30.3 Å². The van der Waals surface area contributed by atoms with Gasteiger partial charge in [0.25, 0.3) is 0 Å². The Balaban J connectivity index is 2.58. The minimum absolute atomic E-state index is 0.326. The topological polar surface area (TPSA) is 43.1 Å². The fourth-order valence-corrected chi connectivity index (χ4v) is 0.999. The first-order valence-corrected chi connectivity index (χ1v) is 3.86. The summed E-state index contributed by atoms with van der Waals surface area (Å²) in [5, 5.41) is 0. The van der Waals surface area contributed by atoms with E-state index in [-0.39, 0.29) is 11.8 Å². The van der Waals surface area contributed by atoms with Crippen molar-refractivity contribution < 1.29 is 4.79 Å². The molecule has 1 amide bonds. The van der Waals surface area contributed by atoms with Crippen molar-refractivity contribution in [2.75, 3.05) is 0 Å². The Morgan fingerprint density at radius 1 is 1.42 bits per heavy atom. The highest BCUT2D eigenvalue weighted by Gasteiger charge is 2.08. The summed E-state index contributed by atoms with van der Waals surface area (Å²) in [6.45, 7) is 3.66. The molecule has 0 saturated heterocycles. The normalized spacial score (nSPS) is 12.4. The highest BCUT2D eigenvalue weighted by atomic mass is 16.1. The number of carbonyl (C=O) groups excluding carboxylic acids is 1. The zero-order valence-electron chi connectivity index (χ0n) is 6.86. The summed E-state index contributed by atoms with van der Waals surface area (Å²) in [7, 11) is 0. The van der Waals surface area contributed by atoms with Crippen LogP contribution in [0.2, 0.25) is 0 Å². The molecule has 0 saturated carbocycles. The van der Waals surface area contributed by atoms with Gasteiger partial charge < -0.3 is 5.73 Å². The van der Waals surface area contributed by atoms with Crippen LogP contribution in [-0.4, -0.2) is 5.91 Å². The Hall–Kier alpha value is -1.31. The van der Waals surface area contributed by atoms with E-state index in [4.69, 9.17) is 5.73 Å². The molecule has 0 unspecified atom stereocenters. The third-order valence-electron chi connectivity index (χ3n) is 1.73. The first kappa shape index (κ1) is 8.78. The van der Waals surface area contributed by atoms with E-state index in [1.165, 1.54) is 0 Å². The summed E-state index contributed by atoms with van der Waals surface area (Å²) >= 11 is 0. The van der Waals surface area contributed by atoms with E-state index < -0.39 is 0 Å². The van der Waals surface area contributed by atoms with Crippen LogP contribution in [0.1, 0.15) is 5.56 Å². The summed E-state index contributed by atoms with van der Waals surface area (Å²) in [4.78, 5) is 10.7. The van der Waals surface area contributed by atoms with Crippen LogP contribution in [0.3, 0.4) is 0 Å². The predicted octanol–water partition coefficient (Wildman–Crippen LogP) is 1.16. The highest BCUT2D eigenvalue weighted by molar-refractivity contribution is 5.77. The third-order valence-corrected chi connectivity index (χ3v) is 1.73. The lowest BCUT2D eigenvalue weighted by molar-refractivity contribution is -0.120. The van der Waals surface area contributed by atoms with Gasteiger partial charge in [-0.1, -0.05) is 30.3 Å². The molecule has 1 radical (unpaired) electrons. The summed E-state index contributed by atoms with van der Waals surface area (Å²) in [5.74, 6) is -0.675. The molecule has 63 valence electrons. The van der Waals surface area contributed by atoms with Gasteiger partial charge in [0.15, 0.2) is 0 Å². The molecule has 1 atom stereocenters. The first-order chi connectivity index (χ1) is 5.70. The SMILES string of the molecule is [CH2][C@@H](Cc1ccccc1)C(N)=O. The molecular weight excluding hydrogens is 150 g/mol. The summed E-state index contributed by atoms with van der Waals surface area (Å²) in [6.07, 6.45) is 0.621. The molecule has 2 N–H and O–H groups in total. The second-order valence-corrected chi connectivity index (χ2v) is 2.79. The first-order valence-electron chi connectivity index (χ1n) is 3.86. The maximum atomic E-state index is 10.7. The molecule has 0 aliphatic heterocycles. The summed E-state index contributed by atoms with van der Waals surface area (Å²) in [6, 6.07) is 9.72. The van der Waals surface area contributed by atoms with Crippen LogP contribution in [0, 0.1) is 12.8 Å². The number of benzene rings is 1. The van der Waals surface area contributed by atoms with E-state index in [2.05, 4.69) is 6.92 Å². The predicted molar refractivity (Wildman–Crippen MR) is 48.2 cm³/mol. The Labute approximate surface area is 72.4 Å². The van der Waals surface area contributed by atoms with E-state index in [9.17, 15) is 4.79 Å². The quantitative estimate of drug-likeness (QED) is 0.712. The van der Waals surface area contributed by atoms with Crippen molar-refractivity contribution >= 4 is 5.91 Å². The van der Waals surface area contributed by atoms with Crippen molar-refractivity contribution in [3.8, 4) is 0 Å². The average Bonchev–Trinajstić information content (AvgIpc) is 2.06. The lowest BCUT2D eigenvalue weighted by atomic mass is 10.0. The van der Waals surface area contributed by atoms with Crippen molar-refractivity contribution in [2.24, 2.45) is 11.7 Å². The van der Waals surface area contributed by atoms with Crippen LogP contribution in [-0.2, 0) is 11.2 Å². The maximum absolute atomic E-state index is 10.7. The Kier molecular flexibility index (Phi) is 2.86. The molecule has 0 aromatic heterocycles. The summed E-state index contributed by atoms with van der Waals surface area (Å²) < 4.78 is 0. The Bertz CT molecular complexity index is 256. The van der Waals surface area contributed by atoms with Gasteiger partial charge in [-0.05, 0) is 18.9 Å². The van der Waals surface area contributed by atoms with Gasteiger partial charge in [0, 0.05) is 5.92 Å². The number of hydrogen-bond donors (Lipinski definition) is 1. The van der Waals surface area contributed by atoms with Gasteiger partial charge in [-0.2, -0.15) is 0 Å². The smallest absolute Gasteiger partial charge is 0.220 e.